The van der Waals surface area contributed by atoms with Crippen molar-refractivity contribution in [3.05, 3.63) is 29.8 Å². The number of nitrogens with zero attached hydrogens (tertiary/aromatic N) is 1. The minimum Gasteiger partial charge on any atom is -0.465 e. The quantitative estimate of drug-likeness (QED) is 0.782. The third-order valence-electron chi connectivity index (χ3n) is 2.57. The van der Waals surface area contributed by atoms with Gasteiger partial charge in [-0.3, -0.25) is 4.79 Å². The second kappa shape index (κ2) is 4.99. The summed E-state index contributed by atoms with van der Waals surface area (Å²) in [6, 6.07) is 8.14. The van der Waals surface area contributed by atoms with Crippen molar-refractivity contribution in [3.63, 3.8) is 0 Å². The minimum absolute atomic E-state index is 0.186. The number of carbonyl (C=O) groups excluding carboxylic acids is 1. The van der Waals surface area contributed by atoms with Crippen molar-refractivity contribution in [2.24, 2.45) is 0 Å². The summed E-state index contributed by atoms with van der Waals surface area (Å²) in [7, 11) is 0. The van der Waals surface area contributed by atoms with Crippen LogP contribution in [0.2, 0.25) is 0 Å². The molecule has 2 rings (SSSR count). The van der Waals surface area contributed by atoms with E-state index in [1.165, 1.54) is 5.56 Å². The lowest BCUT2D eigenvalue weighted by molar-refractivity contribution is -0.144. The summed E-state index contributed by atoms with van der Waals surface area (Å²) in [6.45, 7) is 3.37. The first-order chi connectivity index (χ1) is 7.79. The molecule has 1 heterocycles. The van der Waals surface area contributed by atoms with Gasteiger partial charge in [0, 0.05) is 6.54 Å². The molecule has 0 bridgehead atoms. The Bertz CT molecular complexity index is 379. The number of hydrogen-bond donors (Lipinski definition) is 1. The molecule has 0 aliphatic carbocycles. The van der Waals surface area contributed by atoms with E-state index in [2.05, 4.69) is 11.5 Å². The summed E-state index contributed by atoms with van der Waals surface area (Å²) < 4.78 is 4.91. The van der Waals surface area contributed by atoms with Crippen LogP contribution in [0.3, 0.4) is 0 Å². The van der Waals surface area contributed by atoms with Gasteiger partial charge in [-0.2, -0.15) is 0 Å². The number of para-hydroxylation sites is 1. The third kappa shape index (κ3) is 2.52. The zero-order valence-electron chi connectivity index (χ0n) is 9.40. The number of benzene rings is 1. The molecule has 1 aromatic rings. The van der Waals surface area contributed by atoms with Gasteiger partial charge in [-0.05, 0) is 25.0 Å². The molecule has 0 spiro atoms. The Labute approximate surface area is 95.2 Å². The molecule has 1 aromatic carbocycles. The summed E-state index contributed by atoms with van der Waals surface area (Å²) >= 11 is 0. The molecular weight excluding hydrogens is 204 g/mol. The van der Waals surface area contributed by atoms with Crippen molar-refractivity contribution < 1.29 is 9.53 Å². The van der Waals surface area contributed by atoms with E-state index in [1.807, 2.05) is 30.1 Å². The van der Waals surface area contributed by atoms with Crippen LogP contribution in [0.1, 0.15) is 12.5 Å². The number of esters is 1. The van der Waals surface area contributed by atoms with Crippen LogP contribution in [0.4, 0.5) is 5.69 Å². The summed E-state index contributed by atoms with van der Waals surface area (Å²) in [6.07, 6.45) is 0.961. The Morgan fingerprint density at radius 3 is 3.12 bits per heavy atom. The van der Waals surface area contributed by atoms with E-state index < -0.39 is 0 Å². The predicted molar refractivity (Wildman–Crippen MR) is 62.0 cm³/mol. The standard InChI is InChI=1S/C12H16N2O2/c1-2-16-12(15)9-14-8-7-10-5-3-4-6-11(10)13-14/h3-6,13H,2,7-9H2,1H3. The zero-order valence-corrected chi connectivity index (χ0v) is 9.40. The Kier molecular flexibility index (Phi) is 3.41. The van der Waals surface area contributed by atoms with Crippen LogP contribution in [0.25, 0.3) is 0 Å². The lowest BCUT2D eigenvalue weighted by Gasteiger charge is -2.29. The number of ether oxygens (including phenoxy) is 1. The summed E-state index contributed by atoms with van der Waals surface area (Å²) in [5.74, 6) is -0.186. The van der Waals surface area contributed by atoms with Crippen molar-refractivity contribution in [2.75, 3.05) is 25.1 Å². The molecule has 1 aliphatic rings. The van der Waals surface area contributed by atoms with E-state index in [4.69, 9.17) is 4.74 Å². The van der Waals surface area contributed by atoms with Crippen LogP contribution in [0.5, 0.6) is 0 Å². The second-order valence-electron chi connectivity index (χ2n) is 3.75. The summed E-state index contributed by atoms with van der Waals surface area (Å²) in [5.41, 5.74) is 5.59. The van der Waals surface area contributed by atoms with E-state index >= 15 is 0 Å². The molecule has 4 heteroatoms. The molecule has 16 heavy (non-hydrogen) atoms. The number of anilines is 1. The molecule has 1 N–H and O–H groups in total. The fourth-order valence-electron chi connectivity index (χ4n) is 1.81. The van der Waals surface area contributed by atoms with Gasteiger partial charge in [-0.1, -0.05) is 18.2 Å². The molecular formula is C12H16N2O2. The van der Waals surface area contributed by atoms with E-state index in [0.29, 0.717) is 13.2 Å². The van der Waals surface area contributed by atoms with Gasteiger partial charge in [-0.15, -0.1) is 0 Å². The molecule has 0 unspecified atom stereocenters. The Hall–Kier alpha value is -1.55. The zero-order chi connectivity index (χ0) is 11.4. The van der Waals surface area contributed by atoms with Crippen LogP contribution in [0.15, 0.2) is 24.3 Å². The molecule has 1 aliphatic heterocycles. The van der Waals surface area contributed by atoms with Crippen molar-refractivity contribution in [2.45, 2.75) is 13.3 Å². The molecule has 0 aromatic heterocycles. The molecule has 0 saturated carbocycles. The van der Waals surface area contributed by atoms with Crippen LogP contribution >= 0.6 is 0 Å². The van der Waals surface area contributed by atoms with E-state index in [0.717, 1.165) is 18.7 Å². The van der Waals surface area contributed by atoms with Crippen LogP contribution < -0.4 is 5.43 Å². The van der Waals surface area contributed by atoms with Crippen LogP contribution in [0, 0.1) is 0 Å². The molecule has 0 atom stereocenters. The maximum atomic E-state index is 11.3. The van der Waals surface area contributed by atoms with Gasteiger partial charge < -0.3 is 10.2 Å². The first-order valence-electron chi connectivity index (χ1n) is 5.54. The van der Waals surface area contributed by atoms with E-state index in [9.17, 15) is 4.79 Å². The van der Waals surface area contributed by atoms with E-state index in [-0.39, 0.29) is 5.97 Å². The molecule has 0 fully saturated rings. The topological polar surface area (TPSA) is 41.6 Å². The molecule has 0 radical (unpaired) electrons. The summed E-state index contributed by atoms with van der Waals surface area (Å²) in [5, 5.41) is 1.89. The first kappa shape index (κ1) is 11.0. The van der Waals surface area contributed by atoms with Crippen LogP contribution in [-0.2, 0) is 16.0 Å². The maximum Gasteiger partial charge on any atom is 0.322 e. The number of carbonyl (C=O) groups is 1. The fourth-order valence-corrected chi connectivity index (χ4v) is 1.81. The van der Waals surface area contributed by atoms with Crippen molar-refractivity contribution in [1.82, 2.24) is 5.01 Å². The highest BCUT2D eigenvalue weighted by atomic mass is 16.5. The number of rotatable bonds is 3. The molecule has 4 nitrogen and oxygen atoms in total. The average Bonchev–Trinajstić information content (AvgIpc) is 2.29. The van der Waals surface area contributed by atoms with Gasteiger partial charge in [0.1, 0.15) is 6.54 Å². The van der Waals surface area contributed by atoms with Crippen LogP contribution in [-0.4, -0.2) is 30.7 Å². The van der Waals surface area contributed by atoms with Crippen molar-refractivity contribution >= 4 is 11.7 Å². The number of fused-ring (bicyclic) bond motifs is 1. The molecule has 0 saturated heterocycles. The maximum absolute atomic E-state index is 11.3. The van der Waals surface area contributed by atoms with Gasteiger partial charge in [-0.25, -0.2) is 5.01 Å². The highest BCUT2D eigenvalue weighted by molar-refractivity contribution is 5.72. The minimum atomic E-state index is -0.186. The smallest absolute Gasteiger partial charge is 0.322 e. The van der Waals surface area contributed by atoms with Gasteiger partial charge in [0.05, 0.1) is 12.3 Å². The van der Waals surface area contributed by atoms with Gasteiger partial charge in [0.15, 0.2) is 0 Å². The van der Waals surface area contributed by atoms with Gasteiger partial charge in [0.2, 0.25) is 0 Å². The summed E-state index contributed by atoms with van der Waals surface area (Å²) in [4.78, 5) is 11.3. The Balaban J connectivity index is 1.95. The largest absolute Gasteiger partial charge is 0.465 e. The average molecular weight is 220 g/mol. The highest BCUT2D eigenvalue weighted by Gasteiger charge is 2.17. The first-order valence-corrected chi connectivity index (χ1v) is 5.54. The number of hydrazine groups is 1. The molecule has 86 valence electrons. The second-order valence-corrected chi connectivity index (χ2v) is 3.75. The lowest BCUT2D eigenvalue weighted by atomic mass is 10.1. The van der Waals surface area contributed by atoms with Crippen molar-refractivity contribution in [1.29, 1.82) is 0 Å². The van der Waals surface area contributed by atoms with E-state index in [1.54, 1.807) is 0 Å². The predicted octanol–water partition coefficient (Wildman–Crippen LogP) is 1.43. The number of nitrogens with one attached hydrogen (secondary N) is 1. The number of hydrogen-bond acceptors (Lipinski definition) is 4. The van der Waals surface area contributed by atoms with Gasteiger partial charge >= 0.3 is 5.97 Å². The normalized spacial score (nSPS) is 15.1. The SMILES string of the molecule is CCOC(=O)CN1CCc2ccccc2N1. The Morgan fingerprint density at radius 1 is 1.50 bits per heavy atom. The Morgan fingerprint density at radius 2 is 2.31 bits per heavy atom. The molecule has 0 amide bonds. The van der Waals surface area contributed by atoms with Crippen molar-refractivity contribution in [3.8, 4) is 0 Å². The monoisotopic (exact) mass is 220 g/mol. The third-order valence-corrected chi connectivity index (χ3v) is 2.57. The fraction of sp³-hybridized carbons (Fsp3) is 0.417. The highest BCUT2D eigenvalue weighted by Crippen LogP contribution is 2.20. The van der Waals surface area contributed by atoms with Gasteiger partial charge in [0.25, 0.3) is 0 Å². The lowest BCUT2D eigenvalue weighted by Crippen LogP contribution is -2.40.